The minimum Gasteiger partial charge on any atom is -0.374 e. The van der Waals surface area contributed by atoms with Gasteiger partial charge in [0.1, 0.15) is 5.03 Å². The van der Waals surface area contributed by atoms with Crippen molar-refractivity contribution in [2.45, 2.75) is 9.37 Å². The first-order valence-corrected chi connectivity index (χ1v) is 6.57. The third-order valence-electron chi connectivity index (χ3n) is 2.24. The molecule has 0 radical (unpaired) electrons. The molecule has 0 spiro atoms. The van der Waals surface area contributed by atoms with Gasteiger partial charge < -0.3 is 5.73 Å². The first kappa shape index (κ1) is 10.5. The van der Waals surface area contributed by atoms with Gasteiger partial charge in [-0.1, -0.05) is 35.6 Å². The standard InChI is InChI=1S/C11H8N4S2/c12-10-14-15-11(17-10)16-9-8-4-2-1-3-7(8)5-6-13-9/h1-6H,(H2,12,14). The zero-order valence-corrected chi connectivity index (χ0v) is 10.3. The molecule has 4 nitrogen and oxygen atoms in total. The molecule has 17 heavy (non-hydrogen) atoms. The molecule has 2 aromatic heterocycles. The molecular formula is C11H8N4S2. The predicted octanol–water partition coefficient (Wildman–Crippen LogP) is 2.82. The van der Waals surface area contributed by atoms with Crippen LogP contribution in [0.1, 0.15) is 0 Å². The number of aromatic nitrogens is 3. The number of anilines is 1. The maximum absolute atomic E-state index is 5.56. The number of hydrogen-bond acceptors (Lipinski definition) is 6. The minimum absolute atomic E-state index is 0.479. The van der Waals surface area contributed by atoms with Crippen molar-refractivity contribution < 1.29 is 0 Å². The summed E-state index contributed by atoms with van der Waals surface area (Å²) in [6, 6.07) is 10.1. The van der Waals surface area contributed by atoms with Crippen LogP contribution in [0.25, 0.3) is 10.8 Å². The van der Waals surface area contributed by atoms with Gasteiger partial charge in [-0.3, -0.25) is 0 Å². The first-order chi connectivity index (χ1) is 8.33. The van der Waals surface area contributed by atoms with Gasteiger partial charge in [-0.2, -0.15) is 0 Å². The van der Waals surface area contributed by atoms with Gasteiger partial charge in [0.05, 0.1) is 0 Å². The Morgan fingerprint density at radius 3 is 2.82 bits per heavy atom. The molecule has 0 aliphatic rings. The minimum atomic E-state index is 0.479. The van der Waals surface area contributed by atoms with E-state index in [1.165, 1.54) is 28.5 Å². The van der Waals surface area contributed by atoms with Crippen molar-refractivity contribution in [2.75, 3.05) is 5.73 Å². The van der Waals surface area contributed by atoms with Crippen LogP contribution < -0.4 is 5.73 Å². The highest BCUT2D eigenvalue weighted by atomic mass is 32.2. The smallest absolute Gasteiger partial charge is 0.203 e. The van der Waals surface area contributed by atoms with Crippen molar-refractivity contribution in [1.29, 1.82) is 0 Å². The van der Waals surface area contributed by atoms with Crippen molar-refractivity contribution in [3.05, 3.63) is 36.5 Å². The van der Waals surface area contributed by atoms with Crippen LogP contribution in [-0.4, -0.2) is 15.2 Å². The molecule has 1 aromatic carbocycles. The van der Waals surface area contributed by atoms with E-state index in [0.717, 1.165) is 14.8 Å². The second-order valence-electron chi connectivity index (χ2n) is 3.35. The van der Waals surface area contributed by atoms with Gasteiger partial charge in [-0.25, -0.2) is 4.98 Å². The van der Waals surface area contributed by atoms with Crippen LogP contribution >= 0.6 is 23.1 Å². The summed E-state index contributed by atoms with van der Waals surface area (Å²) >= 11 is 2.86. The molecule has 0 saturated heterocycles. The number of nitrogen functional groups attached to an aromatic ring is 1. The summed E-state index contributed by atoms with van der Waals surface area (Å²) in [5.41, 5.74) is 5.56. The molecular weight excluding hydrogens is 252 g/mol. The molecule has 0 aliphatic heterocycles. The van der Waals surface area contributed by atoms with Crippen LogP contribution in [0.2, 0.25) is 0 Å². The molecule has 0 saturated carbocycles. The van der Waals surface area contributed by atoms with Gasteiger partial charge in [0.25, 0.3) is 0 Å². The second-order valence-corrected chi connectivity index (χ2v) is 5.59. The van der Waals surface area contributed by atoms with Crippen LogP contribution in [0.5, 0.6) is 0 Å². The summed E-state index contributed by atoms with van der Waals surface area (Å²) in [5, 5.41) is 11.5. The van der Waals surface area contributed by atoms with Crippen LogP contribution in [0.15, 0.2) is 45.9 Å². The molecule has 0 fully saturated rings. The number of pyridine rings is 1. The molecule has 3 aromatic rings. The first-order valence-electron chi connectivity index (χ1n) is 4.93. The fourth-order valence-corrected chi connectivity index (χ4v) is 3.18. The van der Waals surface area contributed by atoms with Crippen LogP contribution in [-0.2, 0) is 0 Å². The molecule has 0 amide bonds. The third kappa shape index (κ3) is 2.09. The van der Waals surface area contributed by atoms with E-state index in [4.69, 9.17) is 5.73 Å². The van der Waals surface area contributed by atoms with E-state index in [-0.39, 0.29) is 0 Å². The molecule has 2 heterocycles. The largest absolute Gasteiger partial charge is 0.374 e. The third-order valence-corrected chi connectivity index (χ3v) is 4.07. The summed E-state index contributed by atoms with van der Waals surface area (Å²) < 4.78 is 0.811. The highest BCUT2D eigenvalue weighted by molar-refractivity contribution is 8.01. The van der Waals surface area contributed by atoms with Gasteiger partial charge in [0, 0.05) is 11.6 Å². The summed E-state index contributed by atoms with van der Waals surface area (Å²) in [7, 11) is 0. The van der Waals surface area contributed by atoms with Crippen molar-refractivity contribution >= 4 is 39.0 Å². The Morgan fingerprint density at radius 2 is 2.00 bits per heavy atom. The number of nitrogens with zero attached hydrogens (tertiary/aromatic N) is 3. The Balaban J connectivity index is 2.05. The number of hydrogen-bond donors (Lipinski definition) is 1. The van der Waals surface area contributed by atoms with Gasteiger partial charge >= 0.3 is 0 Å². The molecule has 84 valence electrons. The zero-order valence-electron chi connectivity index (χ0n) is 8.70. The maximum Gasteiger partial charge on any atom is 0.203 e. The van der Waals surface area contributed by atoms with Crippen LogP contribution in [0, 0.1) is 0 Å². The topological polar surface area (TPSA) is 64.7 Å². The Labute approximate surface area is 106 Å². The SMILES string of the molecule is Nc1nnc(Sc2nccc3ccccc23)s1. The fraction of sp³-hybridized carbons (Fsp3) is 0. The lowest BCUT2D eigenvalue weighted by atomic mass is 10.2. The summed E-state index contributed by atoms with van der Waals surface area (Å²) in [4.78, 5) is 4.37. The van der Waals surface area contributed by atoms with E-state index in [9.17, 15) is 0 Å². The normalized spacial score (nSPS) is 10.8. The van der Waals surface area contributed by atoms with E-state index in [1.807, 2.05) is 18.2 Å². The monoisotopic (exact) mass is 260 g/mol. The summed E-state index contributed by atoms with van der Waals surface area (Å²) in [6.45, 7) is 0. The number of fused-ring (bicyclic) bond motifs is 1. The predicted molar refractivity (Wildman–Crippen MR) is 70.2 cm³/mol. The second kappa shape index (κ2) is 4.31. The average Bonchev–Trinajstić information content (AvgIpc) is 2.75. The van der Waals surface area contributed by atoms with E-state index in [2.05, 4.69) is 27.3 Å². The number of rotatable bonds is 2. The average molecular weight is 260 g/mol. The highest BCUT2D eigenvalue weighted by Gasteiger charge is 2.07. The summed E-state index contributed by atoms with van der Waals surface area (Å²) in [6.07, 6.45) is 1.80. The lowest BCUT2D eigenvalue weighted by Crippen LogP contribution is -1.82. The number of benzene rings is 1. The van der Waals surface area contributed by atoms with Crippen molar-refractivity contribution in [3.63, 3.8) is 0 Å². The van der Waals surface area contributed by atoms with E-state index in [0.29, 0.717) is 5.13 Å². The Bertz CT molecular complexity index is 660. The van der Waals surface area contributed by atoms with Crippen molar-refractivity contribution in [1.82, 2.24) is 15.2 Å². The molecule has 0 unspecified atom stereocenters. The van der Waals surface area contributed by atoms with Gasteiger partial charge in [0.2, 0.25) is 5.13 Å². The van der Waals surface area contributed by atoms with Crippen molar-refractivity contribution in [2.24, 2.45) is 0 Å². The number of nitrogens with two attached hydrogens (primary N) is 1. The van der Waals surface area contributed by atoms with Gasteiger partial charge in [-0.05, 0) is 23.2 Å². The molecule has 3 rings (SSSR count). The maximum atomic E-state index is 5.56. The Hall–Kier alpha value is -1.66. The van der Waals surface area contributed by atoms with E-state index < -0.39 is 0 Å². The molecule has 0 bridgehead atoms. The quantitative estimate of drug-likeness (QED) is 0.767. The lowest BCUT2D eigenvalue weighted by molar-refractivity contribution is 1.01. The molecule has 6 heteroatoms. The van der Waals surface area contributed by atoms with E-state index >= 15 is 0 Å². The lowest BCUT2D eigenvalue weighted by Gasteiger charge is -2.01. The Kier molecular flexibility index (Phi) is 2.66. The molecule has 0 atom stereocenters. The highest BCUT2D eigenvalue weighted by Crippen LogP contribution is 2.33. The summed E-state index contributed by atoms with van der Waals surface area (Å²) in [5.74, 6) is 0. The van der Waals surface area contributed by atoms with Gasteiger partial charge in [0.15, 0.2) is 4.34 Å². The molecule has 0 aliphatic carbocycles. The zero-order chi connectivity index (χ0) is 11.7. The van der Waals surface area contributed by atoms with E-state index in [1.54, 1.807) is 6.20 Å². The van der Waals surface area contributed by atoms with Crippen LogP contribution in [0.3, 0.4) is 0 Å². The molecule has 2 N–H and O–H groups in total. The van der Waals surface area contributed by atoms with Crippen LogP contribution in [0.4, 0.5) is 5.13 Å². The fourth-order valence-electron chi connectivity index (χ4n) is 1.52. The van der Waals surface area contributed by atoms with Crippen molar-refractivity contribution in [3.8, 4) is 0 Å². The van der Waals surface area contributed by atoms with Gasteiger partial charge in [-0.15, -0.1) is 10.2 Å². The Morgan fingerprint density at radius 1 is 1.12 bits per heavy atom.